The fourth-order valence-corrected chi connectivity index (χ4v) is 3.21. The van der Waals surface area contributed by atoms with E-state index < -0.39 is 5.60 Å². The zero-order valence-electron chi connectivity index (χ0n) is 17.9. The number of rotatable bonds is 5. The molecule has 160 valence electrons. The maximum atomic E-state index is 11.9. The van der Waals surface area contributed by atoms with Crippen LogP contribution in [-0.4, -0.2) is 65.1 Å². The van der Waals surface area contributed by atoms with E-state index in [1.165, 1.54) is 5.69 Å². The average Bonchev–Trinajstić information content (AvgIpc) is 3.12. The van der Waals surface area contributed by atoms with Gasteiger partial charge in [0.2, 0.25) is 0 Å². The Kier molecular flexibility index (Phi) is 9.52. The summed E-state index contributed by atoms with van der Waals surface area (Å²) in [5, 5.41) is 10.8. The van der Waals surface area contributed by atoms with E-state index in [9.17, 15) is 4.79 Å². The van der Waals surface area contributed by atoms with Crippen molar-refractivity contribution in [2.45, 2.75) is 65.6 Å². The number of guanidine groups is 1. The van der Waals surface area contributed by atoms with Crippen molar-refractivity contribution in [3.05, 3.63) is 17.5 Å². The van der Waals surface area contributed by atoms with Crippen LogP contribution in [0.1, 0.15) is 45.0 Å². The summed E-state index contributed by atoms with van der Waals surface area (Å²) in [4.78, 5) is 18.5. The van der Waals surface area contributed by atoms with E-state index in [1.54, 1.807) is 7.05 Å². The highest BCUT2D eigenvalue weighted by molar-refractivity contribution is 14.0. The lowest BCUT2D eigenvalue weighted by molar-refractivity contribution is 0.0507. The predicted octanol–water partition coefficient (Wildman–Crippen LogP) is 2.68. The third-order valence-electron chi connectivity index (χ3n) is 4.35. The van der Waals surface area contributed by atoms with Gasteiger partial charge in [-0.15, -0.1) is 24.0 Å². The first kappa shape index (κ1) is 24.5. The number of amides is 1. The van der Waals surface area contributed by atoms with Crippen molar-refractivity contribution in [1.29, 1.82) is 0 Å². The minimum atomic E-state index is -0.481. The molecule has 0 saturated carbocycles. The standard InChI is InChI=1S/C19H34N6O2.HI/c1-14-12-15(2)25(23-14)10-7-9-21-17(20-6)24-11-8-16(13-24)22-18(26)27-19(3,4)5;/h12,16H,7-11,13H2,1-6H3,(H,20,21)(H,22,26);1H. The molecule has 1 aromatic rings. The van der Waals surface area contributed by atoms with E-state index in [0.717, 1.165) is 50.7 Å². The number of nitrogens with zero attached hydrogens (tertiary/aromatic N) is 4. The molecule has 1 atom stereocenters. The van der Waals surface area contributed by atoms with Gasteiger partial charge in [-0.3, -0.25) is 9.67 Å². The van der Waals surface area contributed by atoms with E-state index in [4.69, 9.17) is 4.74 Å². The highest BCUT2D eigenvalue weighted by Gasteiger charge is 2.27. The zero-order chi connectivity index (χ0) is 20.0. The van der Waals surface area contributed by atoms with Gasteiger partial charge in [-0.1, -0.05) is 0 Å². The molecule has 2 rings (SSSR count). The molecule has 28 heavy (non-hydrogen) atoms. The molecule has 1 aromatic heterocycles. The first-order valence-corrected chi connectivity index (χ1v) is 9.64. The summed E-state index contributed by atoms with van der Waals surface area (Å²) in [5.41, 5.74) is 1.76. The monoisotopic (exact) mass is 506 g/mol. The number of likely N-dealkylation sites (tertiary alicyclic amines) is 1. The van der Waals surface area contributed by atoms with Gasteiger partial charge in [0.05, 0.1) is 11.7 Å². The fraction of sp³-hybridized carbons (Fsp3) is 0.737. The molecule has 1 aliphatic rings. The Morgan fingerprint density at radius 3 is 2.68 bits per heavy atom. The second-order valence-electron chi connectivity index (χ2n) is 8.06. The Morgan fingerprint density at radius 1 is 1.39 bits per heavy atom. The minimum Gasteiger partial charge on any atom is -0.444 e. The van der Waals surface area contributed by atoms with Crippen LogP contribution in [0.15, 0.2) is 11.1 Å². The summed E-state index contributed by atoms with van der Waals surface area (Å²) in [6.45, 7) is 13.0. The lowest BCUT2D eigenvalue weighted by Crippen LogP contribution is -2.44. The number of alkyl carbamates (subject to hydrolysis) is 1. The Bertz CT molecular complexity index is 668. The van der Waals surface area contributed by atoms with Gasteiger partial charge in [-0.2, -0.15) is 5.10 Å². The molecule has 0 aliphatic carbocycles. The number of aromatic nitrogens is 2. The molecule has 0 bridgehead atoms. The fourth-order valence-electron chi connectivity index (χ4n) is 3.21. The summed E-state index contributed by atoms with van der Waals surface area (Å²) in [6, 6.07) is 2.17. The largest absolute Gasteiger partial charge is 0.444 e. The maximum absolute atomic E-state index is 11.9. The van der Waals surface area contributed by atoms with Gasteiger partial charge in [-0.25, -0.2) is 4.79 Å². The van der Waals surface area contributed by atoms with Crippen LogP contribution in [-0.2, 0) is 11.3 Å². The van der Waals surface area contributed by atoms with Crippen LogP contribution in [0.4, 0.5) is 4.79 Å². The van der Waals surface area contributed by atoms with Crippen LogP contribution in [0, 0.1) is 13.8 Å². The van der Waals surface area contributed by atoms with E-state index in [-0.39, 0.29) is 36.1 Å². The molecule has 1 fully saturated rings. The summed E-state index contributed by atoms with van der Waals surface area (Å²) in [7, 11) is 1.79. The quantitative estimate of drug-likeness (QED) is 0.278. The second kappa shape index (κ2) is 10.9. The van der Waals surface area contributed by atoms with Gasteiger partial charge in [0, 0.05) is 38.9 Å². The summed E-state index contributed by atoms with van der Waals surface area (Å²) in [6.07, 6.45) is 1.49. The van der Waals surface area contributed by atoms with Gasteiger partial charge in [0.1, 0.15) is 5.60 Å². The van der Waals surface area contributed by atoms with Crippen molar-refractivity contribution in [3.8, 4) is 0 Å². The number of halogens is 1. The Balaban J connectivity index is 0.00000392. The van der Waals surface area contributed by atoms with Gasteiger partial charge in [0.25, 0.3) is 0 Å². The van der Waals surface area contributed by atoms with E-state index >= 15 is 0 Å². The van der Waals surface area contributed by atoms with Crippen LogP contribution in [0.5, 0.6) is 0 Å². The van der Waals surface area contributed by atoms with Crippen molar-refractivity contribution >= 4 is 36.0 Å². The number of nitrogens with one attached hydrogen (secondary N) is 2. The zero-order valence-corrected chi connectivity index (χ0v) is 20.2. The van der Waals surface area contributed by atoms with Gasteiger partial charge >= 0.3 is 6.09 Å². The number of carbonyl (C=O) groups is 1. The molecular formula is C19H35IN6O2. The second-order valence-corrected chi connectivity index (χ2v) is 8.06. The lowest BCUT2D eigenvalue weighted by atomic mass is 10.2. The number of aliphatic imine (C=N–C) groups is 1. The molecule has 2 N–H and O–H groups in total. The summed E-state index contributed by atoms with van der Waals surface area (Å²) >= 11 is 0. The molecule has 1 aliphatic heterocycles. The molecule has 1 amide bonds. The summed E-state index contributed by atoms with van der Waals surface area (Å²) in [5.74, 6) is 0.872. The predicted molar refractivity (Wildman–Crippen MR) is 122 cm³/mol. The smallest absolute Gasteiger partial charge is 0.407 e. The number of hydrogen-bond acceptors (Lipinski definition) is 4. The van der Waals surface area contributed by atoms with Crippen LogP contribution in [0.2, 0.25) is 0 Å². The van der Waals surface area contributed by atoms with E-state index in [2.05, 4.69) is 38.6 Å². The van der Waals surface area contributed by atoms with Crippen molar-refractivity contribution < 1.29 is 9.53 Å². The molecule has 0 radical (unpaired) electrons. The van der Waals surface area contributed by atoms with E-state index in [0.29, 0.717) is 0 Å². The van der Waals surface area contributed by atoms with Crippen LogP contribution < -0.4 is 10.6 Å². The van der Waals surface area contributed by atoms with Crippen molar-refractivity contribution in [2.24, 2.45) is 4.99 Å². The Morgan fingerprint density at radius 2 is 2.11 bits per heavy atom. The maximum Gasteiger partial charge on any atom is 0.407 e. The van der Waals surface area contributed by atoms with Crippen molar-refractivity contribution in [1.82, 2.24) is 25.3 Å². The highest BCUT2D eigenvalue weighted by Crippen LogP contribution is 2.12. The van der Waals surface area contributed by atoms with Crippen LogP contribution in [0.25, 0.3) is 0 Å². The molecule has 2 heterocycles. The molecule has 8 nitrogen and oxygen atoms in total. The number of aryl methyl sites for hydroxylation is 3. The normalized spacial score (nSPS) is 17.3. The SMILES string of the molecule is CN=C(NCCCn1nc(C)cc1C)N1CCC(NC(=O)OC(C)(C)C)C1.I. The number of ether oxygens (including phenoxy) is 1. The molecule has 1 unspecified atom stereocenters. The van der Waals surface area contributed by atoms with E-state index in [1.807, 2.05) is 32.4 Å². The van der Waals surface area contributed by atoms with Crippen LogP contribution in [0.3, 0.4) is 0 Å². The molecule has 0 spiro atoms. The van der Waals surface area contributed by atoms with Gasteiger partial charge in [-0.05, 0) is 53.5 Å². The van der Waals surface area contributed by atoms with Gasteiger partial charge in [0.15, 0.2) is 5.96 Å². The van der Waals surface area contributed by atoms with Gasteiger partial charge < -0.3 is 20.3 Å². The van der Waals surface area contributed by atoms with Crippen molar-refractivity contribution in [3.63, 3.8) is 0 Å². The van der Waals surface area contributed by atoms with Crippen molar-refractivity contribution in [2.75, 3.05) is 26.7 Å². The van der Waals surface area contributed by atoms with Crippen LogP contribution >= 0.6 is 24.0 Å². The minimum absolute atomic E-state index is 0. The first-order chi connectivity index (χ1) is 12.7. The topological polar surface area (TPSA) is 83.8 Å². The molecule has 1 saturated heterocycles. The third-order valence-corrected chi connectivity index (χ3v) is 4.35. The first-order valence-electron chi connectivity index (χ1n) is 9.64. The third kappa shape index (κ3) is 7.84. The Hall–Kier alpha value is -1.52. The highest BCUT2D eigenvalue weighted by atomic mass is 127. The molecule has 0 aromatic carbocycles. The summed E-state index contributed by atoms with van der Waals surface area (Å²) < 4.78 is 7.37. The molecule has 9 heteroatoms. The average molecular weight is 506 g/mol. The number of carbonyl (C=O) groups excluding carboxylic acids is 1. The number of hydrogen-bond donors (Lipinski definition) is 2. The lowest BCUT2D eigenvalue weighted by Gasteiger charge is -2.23. The Labute approximate surface area is 185 Å². The molecular weight excluding hydrogens is 471 g/mol.